The topological polar surface area (TPSA) is 55.4 Å². The lowest BCUT2D eigenvalue weighted by Gasteiger charge is -2.28. The smallest absolute Gasteiger partial charge is 0.331 e. The zero-order chi connectivity index (χ0) is 14.9. The third kappa shape index (κ3) is 3.07. The normalized spacial score (nSPS) is 17.2. The molecular formula is C14H15Cl2NO3. The maximum absolute atomic E-state index is 12.3. The number of esters is 1. The van der Waals surface area contributed by atoms with Gasteiger partial charge >= 0.3 is 5.97 Å². The van der Waals surface area contributed by atoms with E-state index in [2.05, 4.69) is 5.32 Å². The Kier molecular flexibility index (Phi) is 4.25. The fourth-order valence-corrected chi connectivity index (χ4v) is 2.71. The van der Waals surface area contributed by atoms with E-state index in [4.69, 9.17) is 27.9 Å². The van der Waals surface area contributed by atoms with Crippen LogP contribution in [-0.4, -0.2) is 24.5 Å². The Hall–Kier alpha value is -1.26. The molecule has 1 amide bonds. The van der Waals surface area contributed by atoms with Gasteiger partial charge in [-0.3, -0.25) is 4.79 Å². The van der Waals surface area contributed by atoms with Gasteiger partial charge in [0.05, 0.1) is 7.11 Å². The third-order valence-corrected chi connectivity index (χ3v) is 3.94. The van der Waals surface area contributed by atoms with Gasteiger partial charge in [0.1, 0.15) is 5.54 Å². The van der Waals surface area contributed by atoms with E-state index in [1.165, 1.54) is 19.2 Å². The molecule has 1 N–H and O–H groups in total. The number of benzene rings is 1. The van der Waals surface area contributed by atoms with Gasteiger partial charge in [0.2, 0.25) is 0 Å². The van der Waals surface area contributed by atoms with Crippen LogP contribution in [0.3, 0.4) is 0 Å². The molecule has 2 rings (SSSR count). The number of methoxy groups -OCH3 is 1. The molecule has 0 spiro atoms. The Balaban J connectivity index is 2.22. The van der Waals surface area contributed by atoms with Gasteiger partial charge in [-0.25, -0.2) is 4.79 Å². The lowest BCUT2D eigenvalue weighted by Crippen LogP contribution is -2.54. The summed E-state index contributed by atoms with van der Waals surface area (Å²) >= 11 is 11.7. The van der Waals surface area contributed by atoms with Crippen molar-refractivity contribution in [1.29, 1.82) is 0 Å². The first kappa shape index (κ1) is 15.1. The highest BCUT2D eigenvalue weighted by molar-refractivity contribution is 6.35. The molecule has 6 heteroatoms. The Labute approximate surface area is 127 Å². The Morgan fingerprint density at radius 1 is 1.25 bits per heavy atom. The number of carbonyl (C=O) groups is 2. The van der Waals surface area contributed by atoms with Crippen molar-refractivity contribution < 1.29 is 14.3 Å². The highest BCUT2D eigenvalue weighted by Crippen LogP contribution is 2.40. The number of hydrogen-bond donors (Lipinski definition) is 1. The monoisotopic (exact) mass is 315 g/mol. The molecule has 1 aromatic rings. The van der Waals surface area contributed by atoms with E-state index >= 15 is 0 Å². The summed E-state index contributed by atoms with van der Waals surface area (Å²) in [6, 6.07) is 4.56. The van der Waals surface area contributed by atoms with Gasteiger partial charge in [-0.05, 0) is 43.9 Å². The SMILES string of the molecule is COC(=O)C(C)(NC(=O)c1cc(Cl)cc(Cl)c1)C1CC1. The van der Waals surface area contributed by atoms with Gasteiger partial charge < -0.3 is 10.1 Å². The fraction of sp³-hybridized carbons (Fsp3) is 0.429. The van der Waals surface area contributed by atoms with Crippen LogP contribution in [0, 0.1) is 5.92 Å². The molecule has 1 aromatic carbocycles. The molecule has 108 valence electrons. The van der Waals surface area contributed by atoms with Gasteiger partial charge in [0, 0.05) is 15.6 Å². The minimum Gasteiger partial charge on any atom is -0.467 e. The predicted octanol–water partition coefficient (Wildman–Crippen LogP) is 3.06. The molecule has 0 radical (unpaired) electrons. The van der Waals surface area contributed by atoms with Crippen LogP contribution in [0.4, 0.5) is 0 Å². The highest BCUT2D eigenvalue weighted by atomic mass is 35.5. The number of rotatable bonds is 4. The molecule has 0 aromatic heterocycles. The summed E-state index contributed by atoms with van der Waals surface area (Å²) in [5, 5.41) is 3.48. The van der Waals surface area contributed by atoms with E-state index < -0.39 is 17.4 Å². The number of hydrogen-bond acceptors (Lipinski definition) is 3. The van der Waals surface area contributed by atoms with Crippen LogP contribution in [0.1, 0.15) is 30.1 Å². The number of amides is 1. The van der Waals surface area contributed by atoms with Gasteiger partial charge in [0.25, 0.3) is 5.91 Å². The summed E-state index contributed by atoms with van der Waals surface area (Å²) in [7, 11) is 1.31. The number of nitrogens with one attached hydrogen (secondary N) is 1. The third-order valence-electron chi connectivity index (χ3n) is 3.50. The van der Waals surface area contributed by atoms with E-state index in [1.807, 2.05) is 0 Å². The van der Waals surface area contributed by atoms with Crippen molar-refractivity contribution in [1.82, 2.24) is 5.32 Å². The highest BCUT2D eigenvalue weighted by Gasteiger charge is 2.49. The van der Waals surface area contributed by atoms with Crippen molar-refractivity contribution in [2.24, 2.45) is 5.92 Å². The van der Waals surface area contributed by atoms with Crippen LogP contribution in [0.2, 0.25) is 10.0 Å². The number of ether oxygens (including phenoxy) is 1. The van der Waals surface area contributed by atoms with Crippen LogP contribution < -0.4 is 5.32 Å². The number of halogens is 2. The average Bonchev–Trinajstić information content (AvgIpc) is 3.20. The molecule has 4 nitrogen and oxygen atoms in total. The summed E-state index contributed by atoms with van der Waals surface area (Å²) in [4.78, 5) is 24.2. The van der Waals surface area contributed by atoms with Crippen LogP contribution in [0.5, 0.6) is 0 Å². The van der Waals surface area contributed by atoms with Crippen molar-refractivity contribution in [3.8, 4) is 0 Å². The van der Waals surface area contributed by atoms with Crippen molar-refractivity contribution in [2.75, 3.05) is 7.11 Å². The standard InChI is InChI=1S/C14H15Cl2NO3/c1-14(9-3-4-9,13(19)20-2)17-12(18)8-5-10(15)7-11(16)6-8/h5-7,9H,3-4H2,1-2H3,(H,17,18). The largest absolute Gasteiger partial charge is 0.467 e. The molecule has 1 saturated carbocycles. The molecule has 0 bridgehead atoms. The van der Waals surface area contributed by atoms with Crippen LogP contribution >= 0.6 is 23.2 Å². The molecule has 1 unspecified atom stereocenters. The second-order valence-corrected chi connectivity index (χ2v) is 5.95. The zero-order valence-electron chi connectivity index (χ0n) is 11.2. The Morgan fingerprint density at radius 2 is 1.80 bits per heavy atom. The van der Waals surface area contributed by atoms with Gasteiger partial charge in [-0.2, -0.15) is 0 Å². The van der Waals surface area contributed by atoms with Crippen LogP contribution in [0.25, 0.3) is 0 Å². The second-order valence-electron chi connectivity index (χ2n) is 5.08. The lowest BCUT2D eigenvalue weighted by atomic mass is 9.95. The summed E-state index contributed by atoms with van der Waals surface area (Å²) in [6.07, 6.45) is 1.78. The Morgan fingerprint density at radius 3 is 2.25 bits per heavy atom. The summed E-state index contributed by atoms with van der Waals surface area (Å²) in [5.74, 6) is -0.732. The molecular weight excluding hydrogens is 301 g/mol. The van der Waals surface area contributed by atoms with Crippen molar-refractivity contribution in [2.45, 2.75) is 25.3 Å². The van der Waals surface area contributed by atoms with E-state index in [1.54, 1.807) is 13.0 Å². The summed E-state index contributed by atoms with van der Waals surface area (Å²) in [6.45, 7) is 1.68. The van der Waals surface area contributed by atoms with E-state index in [0.29, 0.717) is 15.6 Å². The summed E-state index contributed by atoms with van der Waals surface area (Å²) in [5.41, 5.74) is -0.695. The molecule has 20 heavy (non-hydrogen) atoms. The van der Waals surface area contributed by atoms with Gasteiger partial charge in [0.15, 0.2) is 0 Å². The van der Waals surface area contributed by atoms with E-state index in [0.717, 1.165) is 12.8 Å². The van der Waals surface area contributed by atoms with Crippen molar-refractivity contribution in [3.63, 3.8) is 0 Å². The lowest BCUT2D eigenvalue weighted by molar-refractivity contribution is -0.148. The minimum atomic E-state index is -1.01. The maximum Gasteiger partial charge on any atom is 0.331 e. The second kappa shape index (κ2) is 5.62. The predicted molar refractivity (Wildman–Crippen MR) is 77.1 cm³/mol. The number of carbonyl (C=O) groups excluding carboxylic acids is 2. The average molecular weight is 316 g/mol. The van der Waals surface area contributed by atoms with E-state index in [9.17, 15) is 9.59 Å². The van der Waals surface area contributed by atoms with Gasteiger partial charge in [-0.1, -0.05) is 23.2 Å². The van der Waals surface area contributed by atoms with Crippen molar-refractivity contribution in [3.05, 3.63) is 33.8 Å². The first-order valence-electron chi connectivity index (χ1n) is 6.24. The van der Waals surface area contributed by atoms with E-state index in [-0.39, 0.29) is 5.92 Å². The quantitative estimate of drug-likeness (QED) is 0.869. The molecule has 0 heterocycles. The molecule has 0 aliphatic heterocycles. The molecule has 0 saturated heterocycles. The molecule has 1 aliphatic rings. The first-order chi connectivity index (χ1) is 9.36. The molecule has 1 fully saturated rings. The maximum atomic E-state index is 12.3. The minimum absolute atomic E-state index is 0.105. The van der Waals surface area contributed by atoms with Crippen molar-refractivity contribution >= 4 is 35.1 Å². The van der Waals surface area contributed by atoms with Gasteiger partial charge in [-0.15, -0.1) is 0 Å². The molecule has 1 atom stereocenters. The zero-order valence-corrected chi connectivity index (χ0v) is 12.7. The van der Waals surface area contributed by atoms with Crippen LogP contribution in [-0.2, 0) is 9.53 Å². The Bertz CT molecular complexity index is 537. The van der Waals surface area contributed by atoms with Crippen LogP contribution in [0.15, 0.2) is 18.2 Å². The first-order valence-corrected chi connectivity index (χ1v) is 6.99. The fourth-order valence-electron chi connectivity index (χ4n) is 2.19. The molecule has 1 aliphatic carbocycles. The summed E-state index contributed by atoms with van der Waals surface area (Å²) < 4.78 is 4.80.